The van der Waals surface area contributed by atoms with Crippen LogP contribution >= 0.6 is 0 Å². The second-order valence-electron chi connectivity index (χ2n) is 18.3. The van der Waals surface area contributed by atoms with Crippen molar-refractivity contribution in [2.45, 2.75) is 85.8 Å². The van der Waals surface area contributed by atoms with Crippen molar-refractivity contribution >= 4 is 27.5 Å². The molecule has 13 heteroatoms. The van der Waals surface area contributed by atoms with E-state index < -0.39 is 15.1 Å². The molecule has 1 aliphatic carbocycles. The van der Waals surface area contributed by atoms with Crippen LogP contribution in [-0.2, 0) is 24.8 Å². The Kier molecular flexibility index (Phi) is 13.3. The Labute approximate surface area is 351 Å². The number of benzene rings is 2. The summed E-state index contributed by atoms with van der Waals surface area (Å²) in [7, 11) is -2.11. The summed E-state index contributed by atoms with van der Waals surface area (Å²) >= 11 is 0. The number of hydrogen-bond acceptors (Lipinski definition) is 9. The van der Waals surface area contributed by atoms with Crippen LogP contribution in [0.15, 0.2) is 65.6 Å². The van der Waals surface area contributed by atoms with Gasteiger partial charge in [-0.05, 0) is 150 Å². The summed E-state index contributed by atoms with van der Waals surface area (Å²) in [6.45, 7) is 11.3. The molecule has 2 aromatic rings. The fourth-order valence-electron chi connectivity index (χ4n) is 11.4. The lowest BCUT2D eigenvalue weighted by Gasteiger charge is -2.53. The van der Waals surface area contributed by atoms with Crippen molar-refractivity contribution in [1.82, 2.24) is 24.9 Å². The highest BCUT2D eigenvalue weighted by atomic mass is 32.2. The van der Waals surface area contributed by atoms with Gasteiger partial charge in [-0.1, -0.05) is 31.1 Å². The molecule has 6 aliphatic rings. The summed E-state index contributed by atoms with van der Waals surface area (Å²) in [5, 5.41) is 2.63. The summed E-state index contributed by atoms with van der Waals surface area (Å²) in [4.78, 5) is 37.1. The van der Waals surface area contributed by atoms with Crippen LogP contribution in [0.1, 0.15) is 69.8 Å². The summed E-state index contributed by atoms with van der Waals surface area (Å²) in [6, 6.07) is 14.7. The van der Waals surface area contributed by atoms with Gasteiger partial charge in [0.15, 0.2) is 9.84 Å². The lowest BCUT2D eigenvalue weighted by atomic mass is 9.57. The van der Waals surface area contributed by atoms with Crippen LogP contribution in [0.2, 0.25) is 0 Å². The number of rotatable bonds is 14. The standard InChI is InChI=1S/C46H65FN6O5S/c1-58-45(55)48-43-12-6-11-42(43)46(34-51-24-8-25-51,37-9-5-10-38(47)29-37)36-19-26-50(27-20-36)30-35-18-28-52(31-35)39-14-16-40(17-15-39)59(56,57)41-32-53(33-41)44(54)13-7-23-49-21-3-2-4-22-49/h5,7,9-10,13-17,29,35-36,41-43H,2-4,6,8,11-12,18-28,30-34H2,1H3,(H,48,55)/b13-7+/t35-,42+,43+,46+/m1/s1. The zero-order valence-electron chi connectivity index (χ0n) is 35.0. The Morgan fingerprint density at radius 3 is 2.27 bits per heavy atom. The van der Waals surface area contributed by atoms with Crippen LogP contribution in [0, 0.1) is 23.6 Å². The average Bonchev–Trinajstić information content (AvgIpc) is 3.88. The topological polar surface area (TPSA) is 106 Å². The van der Waals surface area contributed by atoms with E-state index in [-0.39, 0.29) is 48.3 Å². The quantitative estimate of drug-likeness (QED) is 0.245. The molecule has 0 radical (unpaired) electrons. The lowest BCUT2D eigenvalue weighted by Crippen LogP contribution is -2.59. The minimum absolute atomic E-state index is 0.00969. The number of halogens is 1. The van der Waals surface area contributed by atoms with Gasteiger partial charge in [-0.2, -0.15) is 0 Å². The Morgan fingerprint density at radius 1 is 0.831 bits per heavy atom. The van der Waals surface area contributed by atoms with Crippen molar-refractivity contribution < 1.29 is 27.1 Å². The van der Waals surface area contributed by atoms with Gasteiger partial charge in [0.25, 0.3) is 0 Å². The number of likely N-dealkylation sites (tertiary alicyclic amines) is 4. The van der Waals surface area contributed by atoms with E-state index in [9.17, 15) is 18.0 Å². The summed E-state index contributed by atoms with van der Waals surface area (Å²) in [6.07, 6.45) is 14.1. The van der Waals surface area contributed by atoms with Gasteiger partial charge in [0, 0.05) is 69.0 Å². The molecule has 0 aromatic heterocycles. The van der Waals surface area contributed by atoms with E-state index in [1.165, 1.54) is 32.8 Å². The first-order chi connectivity index (χ1) is 28.6. The zero-order valence-corrected chi connectivity index (χ0v) is 35.8. The van der Waals surface area contributed by atoms with Gasteiger partial charge < -0.3 is 29.7 Å². The third kappa shape index (κ3) is 9.38. The van der Waals surface area contributed by atoms with Crippen LogP contribution in [0.25, 0.3) is 0 Å². The molecule has 5 saturated heterocycles. The molecule has 5 aliphatic heterocycles. The first-order valence-corrected chi connectivity index (χ1v) is 24.0. The predicted octanol–water partition coefficient (Wildman–Crippen LogP) is 5.56. The van der Waals surface area contributed by atoms with E-state index in [2.05, 4.69) is 31.0 Å². The van der Waals surface area contributed by atoms with Crippen LogP contribution in [0.3, 0.4) is 0 Å². The van der Waals surface area contributed by atoms with Gasteiger partial charge in [-0.3, -0.25) is 9.69 Å². The van der Waals surface area contributed by atoms with Gasteiger partial charge in [0.2, 0.25) is 5.91 Å². The normalized spacial score (nSPS) is 26.4. The van der Waals surface area contributed by atoms with E-state index in [0.29, 0.717) is 16.7 Å². The highest BCUT2D eigenvalue weighted by Crippen LogP contribution is 2.51. The van der Waals surface area contributed by atoms with Crippen molar-refractivity contribution in [3.8, 4) is 0 Å². The van der Waals surface area contributed by atoms with Gasteiger partial charge in [0.05, 0.1) is 12.0 Å². The van der Waals surface area contributed by atoms with Crippen LogP contribution < -0.4 is 10.2 Å². The number of carbonyl (C=O) groups excluding carboxylic acids is 2. The number of nitrogens with one attached hydrogen (secondary N) is 1. The minimum atomic E-state index is -3.53. The number of amides is 2. The monoisotopic (exact) mass is 832 g/mol. The highest BCUT2D eigenvalue weighted by molar-refractivity contribution is 7.92. The lowest BCUT2D eigenvalue weighted by molar-refractivity contribution is -0.129. The minimum Gasteiger partial charge on any atom is -0.453 e. The van der Waals surface area contributed by atoms with E-state index in [1.807, 2.05) is 24.3 Å². The SMILES string of the molecule is COC(=O)N[C@H]1CCC[C@@H]1[C@](CN1CCC1)(c1cccc(F)c1)C1CCN(C[C@H]2CCN(c3ccc(S(=O)(=O)C4CN(C(=O)/C=C/CN5CCCCC5)C4)cc3)C2)CC1. The van der Waals surface area contributed by atoms with Crippen molar-refractivity contribution in [2.75, 3.05) is 97.1 Å². The predicted molar refractivity (Wildman–Crippen MR) is 229 cm³/mol. The number of methoxy groups -OCH3 is 1. The number of alkyl carbamates (subject to hydrolysis) is 1. The number of piperidine rings is 2. The van der Waals surface area contributed by atoms with Gasteiger partial charge in [-0.25, -0.2) is 17.6 Å². The third-order valence-corrected chi connectivity index (χ3v) is 16.9. The molecular formula is C46H65FN6O5S. The molecule has 6 fully saturated rings. The molecule has 4 atom stereocenters. The largest absolute Gasteiger partial charge is 0.453 e. The fraction of sp³-hybridized carbons (Fsp3) is 0.652. The molecule has 59 heavy (non-hydrogen) atoms. The number of anilines is 1. The van der Waals surface area contributed by atoms with Crippen LogP contribution in [-0.4, -0.2) is 144 Å². The first kappa shape index (κ1) is 42.2. The van der Waals surface area contributed by atoms with E-state index in [4.69, 9.17) is 4.74 Å². The molecule has 0 unspecified atom stereocenters. The Morgan fingerprint density at radius 2 is 1.58 bits per heavy atom. The number of ether oxygens (including phenoxy) is 1. The molecule has 322 valence electrons. The summed E-state index contributed by atoms with van der Waals surface area (Å²) in [5.41, 5.74) is 1.85. The molecule has 1 saturated carbocycles. The Bertz CT molecular complexity index is 1890. The third-order valence-electron chi connectivity index (χ3n) is 14.8. The molecule has 1 N–H and O–H groups in total. The first-order valence-electron chi connectivity index (χ1n) is 22.4. The zero-order chi connectivity index (χ0) is 41.0. The summed E-state index contributed by atoms with van der Waals surface area (Å²) in [5.74, 6) is 0.758. The number of carbonyl (C=O) groups is 2. The molecule has 8 rings (SSSR count). The maximum absolute atomic E-state index is 15.1. The van der Waals surface area contributed by atoms with Crippen molar-refractivity contribution in [1.29, 1.82) is 0 Å². The molecule has 0 spiro atoms. The van der Waals surface area contributed by atoms with Crippen molar-refractivity contribution in [2.24, 2.45) is 17.8 Å². The fourth-order valence-corrected chi connectivity index (χ4v) is 13.0. The molecular weight excluding hydrogens is 768 g/mol. The molecule has 2 aromatic carbocycles. The number of sulfone groups is 1. The van der Waals surface area contributed by atoms with E-state index in [0.717, 1.165) is 122 Å². The maximum atomic E-state index is 15.1. The second kappa shape index (κ2) is 18.6. The van der Waals surface area contributed by atoms with Gasteiger partial charge in [0.1, 0.15) is 11.1 Å². The van der Waals surface area contributed by atoms with Crippen LogP contribution in [0.5, 0.6) is 0 Å². The van der Waals surface area contributed by atoms with Gasteiger partial charge in [-0.15, -0.1) is 0 Å². The summed E-state index contributed by atoms with van der Waals surface area (Å²) < 4.78 is 47.1. The maximum Gasteiger partial charge on any atom is 0.407 e. The second-order valence-corrected chi connectivity index (χ2v) is 20.5. The number of hydrogen-bond donors (Lipinski definition) is 1. The van der Waals surface area contributed by atoms with E-state index in [1.54, 1.807) is 35.2 Å². The molecule has 2 amide bonds. The average molecular weight is 833 g/mol. The van der Waals surface area contributed by atoms with Gasteiger partial charge >= 0.3 is 6.09 Å². The van der Waals surface area contributed by atoms with Crippen LogP contribution in [0.4, 0.5) is 14.9 Å². The smallest absolute Gasteiger partial charge is 0.407 e. The Balaban J connectivity index is 0.855. The molecule has 5 heterocycles. The molecule has 0 bridgehead atoms. The number of nitrogens with zero attached hydrogens (tertiary/aromatic N) is 5. The highest BCUT2D eigenvalue weighted by Gasteiger charge is 2.53. The van der Waals surface area contributed by atoms with E-state index >= 15 is 4.39 Å². The van der Waals surface area contributed by atoms with Crippen molar-refractivity contribution in [3.63, 3.8) is 0 Å². The van der Waals surface area contributed by atoms with Crippen molar-refractivity contribution in [3.05, 3.63) is 72.1 Å². The Hall–Kier alpha value is -3.52. The molecule has 11 nitrogen and oxygen atoms in total.